The highest BCUT2D eigenvalue weighted by molar-refractivity contribution is 6.38. The van der Waals surface area contributed by atoms with Crippen LogP contribution in [0.4, 0.5) is 0 Å². The van der Waals surface area contributed by atoms with Crippen LogP contribution in [0.2, 0.25) is 10.0 Å². The molecule has 0 amide bonds. The van der Waals surface area contributed by atoms with Gasteiger partial charge in [-0.05, 0) is 35.7 Å². The Bertz CT molecular complexity index is 804. The molecule has 0 bridgehead atoms. The first-order chi connectivity index (χ1) is 9.72. The minimum atomic E-state index is 0.597. The van der Waals surface area contributed by atoms with Gasteiger partial charge in [-0.1, -0.05) is 47.5 Å². The van der Waals surface area contributed by atoms with Crippen molar-refractivity contribution in [1.82, 2.24) is 4.57 Å². The molecule has 0 N–H and O–H groups in total. The van der Waals surface area contributed by atoms with Crippen molar-refractivity contribution < 1.29 is 0 Å². The molecular weight excluding hydrogens is 289 g/mol. The lowest BCUT2D eigenvalue weighted by molar-refractivity contribution is 0.519. The van der Waals surface area contributed by atoms with Crippen molar-refractivity contribution in [2.24, 2.45) is 0 Å². The molecule has 0 aliphatic heterocycles. The van der Waals surface area contributed by atoms with Crippen molar-refractivity contribution >= 4 is 34.1 Å². The lowest BCUT2D eigenvalue weighted by Crippen LogP contribution is -2.21. The van der Waals surface area contributed by atoms with Crippen LogP contribution < -0.4 is 0 Å². The molecule has 3 heteroatoms. The zero-order chi connectivity index (χ0) is 13.7. The third-order valence-electron chi connectivity index (χ3n) is 4.18. The van der Waals surface area contributed by atoms with Gasteiger partial charge < -0.3 is 4.57 Å². The van der Waals surface area contributed by atoms with Gasteiger partial charge in [-0.15, -0.1) is 0 Å². The number of hydrogen-bond acceptors (Lipinski definition) is 0. The zero-order valence-electron chi connectivity index (χ0n) is 10.8. The maximum Gasteiger partial charge on any atom is 0.0514 e. The van der Waals surface area contributed by atoms with Crippen LogP contribution in [0.5, 0.6) is 0 Å². The molecule has 0 saturated heterocycles. The highest BCUT2D eigenvalue weighted by Crippen LogP contribution is 2.37. The minimum absolute atomic E-state index is 0.597. The van der Waals surface area contributed by atoms with E-state index in [1.807, 2.05) is 6.07 Å². The van der Waals surface area contributed by atoms with E-state index in [0.29, 0.717) is 10.9 Å². The second-order valence-electron chi connectivity index (χ2n) is 5.39. The van der Waals surface area contributed by atoms with Crippen LogP contribution >= 0.6 is 23.2 Å². The topological polar surface area (TPSA) is 4.93 Å². The molecule has 1 aliphatic carbocycles. The van der Waals surface area contributed by atoms with E-state index in [4.69, 9.17) is 23.2 Å². The quantitative estimate of drug-likeness (QED) is 0.606. The summed E-state index contributed by atoms with van der Waals surface area (Å²) < 4.78 is 2.26. The Morgan fingerprint density at radius 1 is 1.10 bits per heavy atom. The van der Waals surface area contributed by atoms with Crippen LogP contribution in [-0.2, 0) is 13.0 Å². The molecule has 0 spiro atoms. The van der Waals surface area contributed by atoms with Crippen LogP contribution in [0.3, 0.4) is 0 Å². The maximum atomic E-state index is 6.24. The van der Waals surface area contributed by atoms with Gasteiger partial charge >= 0.3 is 0 Å². The molecule has 1 nitrogen and oxygen atoms in total. The van der Waals surface area contributed by atoms with Gasteiger partial charge in [0.2, 0.25) is 0 Å². The van der Waals surface area contributed by atoms with Gasteiger partial charge in [0.1, 0.15) is 0 Å². The average Bonchev–Trinajstić information content (AvgIpc) is 2.79. The Labute approximate surface area is 127 Å². The summed E-state index contributed by atoms with van der Waals surface area (Å²) in [6.07, 6.45) is 3.26. The Balaban J connectivity index is 1.71. The predicted octanol–water partition coefficient (Wildman–Crippen LogP) is 5.29. The van der Waals surface area contributed by atoms with E-state index >= 15 is 0 Å². The summed E-state index contributed by atoms with van der Waals surface area (Å²) >= 11 is 12.4. The number of halogens is 2. The molecule has 4 rings (SSSR count). The summed E-state index contributed by atoms with van der Waals surface area (Å²) in [6.45, 7) is 0.983. The van der Waals surface area contributed by atoms with Crippen molar-refractivity contribution in [2.45, 2.75) is 18.9 Å². The van der Waals surface area contributed by atoms with E-state index in [2.05, 4.69) is 41.1 Å². The molecule has 100 valence electrons. The molecule has 0 radical (unpaired) electrons. The molecule has 1 heterocycles. The minimum Gasteiger partial charge on any atom is -0.347 e. The third-order valence-corrected chi connectivity index (χ3v) is 4.71. The first-order valence-electron chi connectivity index (χ1n) is 6.74. The lowest BCUT2D eigenvalue weighted by atomic mass is 9.77. The van der Waals surface area contributed by atoms with E-state index < -0.39 is 0 Å². The summed E-state index contributed by atoms with van der Waals surface area (Å²) in [5.41, 5.74) is 4.07. The van der Waals surface area contributed by atoms with Crippen LogP contribution in [0, 0.1) is 0 Å². The molecule has 1 aromatic heterocycles. The number of nitrogens with zero attached hydrogens (tertiary/aromatic N) is 1. The lowest BCUT2D eigenvalue weighted by Gasteiger charge is -2.30. The number of fused-ring (bicyclic) bond motifs is 2. The van der Waals surface area contributed by atoms with Gasteiger partial charge in [0, 0.05) is 29.1 Å². The second kappa shape index (κ2) is 4.54. The Morgan fingerprint density at radius 3 is 2.80 bits per heavy atom. The summed E-state index contributed by atoms with van der Waals surface area (Å²) in [7, 11) is 0. The van der Waals surface area contributed by atoms with E-state index in [-0.39, 0.29) is 0 Å². The molecule has 20 heavy (non-hydrogen) atoms. The predicted molar refractivity (Wildman–Crippen MR) is 84.8 cm³/mol. The van der Waals surface area contributed by atoms with Crippen molar-refractivity contribution in [2.75, 3.05) is 0 Å². The Hall–Kier alpha value is -1.44. The number of rotatable bonds is 2. The monoisotopic (exact) mass is 301 g/mol. The van der Waals surface area contributed by atoms with Crippen molar-refractivity contribution in [3.63, 3.8) is 0 Å². The largest absolute Gasteiger partial charge is 0.347 e. The highest BCUT2D eigenvalue weighted by atomic mass is 35.5. The molecule has 3 aromatic rings. The van der Waals surface area contributed by atoms with Gasteiger partial charge in [-0.2, -0.15) is 0 Å². The standard InChI is InChI=1S/C17H13Cl2N/c18-13-8-16(19)15-5-6-20(17(15)9-13)10-12-7-11-3-1-2-4-14(11)12/h1-6,8-9,12H,7,10H2. The fourth-order valence-corrected chi connectivity index (χ4v) is 3.69. The smallest absolute Gasteiger partial charge is 0.0514 e. The summed E-state index contributed by atoms with van der Waals surface area (Å²) in [5, 5.41) is 2.49. The Morgan fingerprint density at radius 2 is 1.95 bits per heavy atom. The molecule has 2 aromatic carbocycles. The second-order valence-corrected chi connectivity index (χ2v) is 6.23. The van der Waals surface area contributed by atoms with Gasteiger partial charge in [-0.25, -0.2) is 0 Å². The SMILES string of the molecule is Clc1cc(Cl)c2ccn(CC3Cc4ccccc43)c2c1. The summed E-state index contributed by atoms with van der Waals surface area (Å²) in [4.78, 5) is 0. The molecule has 1 aliphatic rings. The first kappa shape index (κ1) is 12.3. The van der Waals surface area contributed by atoms with Crippen LogP contribution in [0.1, 0.15) is 17.0 Å². The van der Waals surface area contributed by atoms with Gasteiger partial charge in [0.15, 0.2) is 0 Å². The van der Waals surface area contributed by atoms with Crippen molar-refractivity contribution in [3.05, 3.63) is 69.8 Å². The fourth-order valence-electron chi connectivity index (χ4n) is 3.14. The average molecular weight is 302 g/mol. The molecule has 1 unspecified atom stereocenters. The summed E-state index contributed by atoms with van der Waals surface area (Å²) in [6, 6.07) is 14.5. The molecule has 1 atom stereocenters. The normalized spacial score (nSPS) is 17.0. The van der Waals surface area contributed by atoms with Crippen LogP contribution in [0.25, 0.3) is 10.9 Å². The van der Waals surface area contributed by atoms with Gasteiger partial charge in [-0.3, -0.25) is 0 Å². The fraction of sp³-hybridized carbons (Fsp3) is 0.176. The summed E-state index contributed by atoms with van der Waals surface area (Å²) in [5.74, 6) is 0.597. The molecule has 0 fully saturated rings. The van der Waals surface area contributed by atoms with Crippen molar-refractivity contribution in [1.29, 1.82) is 0 Å². The molecule has 0 saturated carbocycles. The van der Waals surface area contributed by atoms with E-state index in [1.54, 1.807) is 6.07 Å². The van der Waals surface area contributed by atoms with Gasteiger partial charge in [0.25, 0.3) is 0 Å². The van der Waals surface area contributed by atoms with E-state index in [1.165, 1.54) is 11.1 Å². The number of aromatic nitrogens is 1. The number of hydrogen-bond donors (Lipinski definition) is 0. The van der Waals surface area contributed by atoms with Crippen LogP contribution in [-0.4, -0.2) is 4.57 Å². The number of benzene rings is 2. The maximum absolute atomic E-state index is 6.24. The zero-order valence-corrected chi connectivity index (χ0v) is 12.3. The van der Waals surface area contributed by atoms with Crippen molar-refractivity contribution in [3.8, 4) is 0 Å². The first-order valence-corrected chi connectivity index (χ1v) is 7.49. The van der Waals surface area contributed by atoms with E-state index in [0.717, 1.165) is 28.9 Å². The third kappa shape index (κ3) is 1.85. The highest BCUT2D eigenvalue weighted by Gasteiger charge is 2.25. The van der Waals surface area contributed by atoms with Crippen LogP contribution in [0.15, 0.2) is 48.7 Å². The Kier molecular flexibility index (Phi) is 2.80. The van der Waals surface area contributed by atoms with Gasteiger partial charge in [0.05, 0.1) is 10.5 Å². The molecular formula is C17H13Cl2N. The van der Waals surface area contributed by atoms with E-state index in [9.17, 15) is 0 Å².